The molecule has 0 fully saturated rings. The number of aromatic nitrogens is 2. The van der Waals surface area contributed by atoms with Gasteiger partial charge in [0.05, 0.1) is 5.69 Å². The van der Waals surface area contributed by atoms with E-state index < -0.39 is 5.41 Å². The molecule has 0 atom stereocenters. The Hall–Kier alpha value is -5.09. The van der Waals surface area contributed by atoms with Crippen molar-refractivity contribution in [2.45, 2.75) is 55.4 Å². The van der Waals surface area contributed by atoms with Crippen LogP contribution in [0.15, 0.2) is 97.3 Å². The number of benzene rings is 3. The number of ketones is 2. The summed E-state index contributed by atoms with van der Waals surface area (Å²) < 4.78 is 0. The number of anilines is 3. The van der Waals surface area contributed by atoms with Crippen LogP contribution in [0.4, 0.5) is 17.1 Å². The third-order valence-corrected chi connectivity index (χ3v) is 8.27. The molecule has 5 aromatic rings. The van der Waals surface area contributed by atoms with Crippen LogP contribution in [-0.2, 0) is 9.59 Å². The molecular formula is C42H44Cl3N5O4. The summed E-state index contributed by atoms with van der Waals surface area (Å²) in [6, 6.07) is 23.7. The smallest absolute Gasteiger partial charge is 0.229 e. The number of nitrogens with zero attached hydrogens (tertiary/aromatic N) is 2. The zero-order valence-electron chi connectivity index (χ0n) is 31.5. The second-order valence-electron chi connectivity index (χ2n) is 14.4. The van der Waals surface area contributed by atoms with Gasteiger partial charge in [-0.25, -0.2) is 0 Å². The second kappa shape index (κ2) is 18.8. The Balaban J connectivity index is 0.000000225. The van der Waals surface area contributed by atoms with E-state index in [0.717, 1.165) is 17.1 Å². The minimum Gasteiger partial charge on any atom is -0.398 e. The molecule has 0 aliphatic rings. The number of hydrogen-bond donors (Lipinski definition) is 3. The van der Waals surface area contributed by atoms with Crippen LogP contribution in [0.2, 0.25) is 15.1 Å². The number of nitrogen functional groups attached to an aromatic ring is 1. The van der Waals surface area contributed by atoms with Crippen molar-refractivity contribution in [2.24, 2.45) is 10.8 Å². The van der Waals surface area contributed by atoms with Gasteiger partial charge in [-0.15, -0.1) is 0 Å². The number of amides is 2. The lowest BCUT2D eigenvalue weighted by molar-refractivity contribution is -0.123. The average molecular weight is 789 g/mol. The fourth-order valence-electron chi connectivity index (χ4n) is 4.22. The highest BCUT2D eigenvalue weighted by Gasteiger charge is 2.24. The van der Waals surface area contributed by atoms with E-state index in [4.69, 9.17) is 40.5 Å². The highest BCUT2D eigenvalue weighted by atomic mass is 35.5. The summed E-state index contributed by atoms with van der Waals surface area (Å²) in [5.74, 6) is -0.572. The lowest BCUT2D eigenvalue weighted by Gasteiger charge is -2.19. The molecule has 0 aliphatic carbocycles. The van der Waals surface area contributed by atoms with Crippen LogP contribution < -0.4 is 16.4 Å². The third-order valence-electron chi connectivity index (χ3n) is 7.55. The van der Waals surface area contributed by atoms with Crippen molar-refractivity contribution in [3.05, 3.63) is 146 Å². The number of carbonyl (C=O) groups is 4. The highest BCUT2D eigenvalue weighted by molar-refractivity contribution is 6.32. The van der Waals surface area contributed by atoms with Crippen molar-refractivity contribution >= 4 is 75.2 Å². The minimum atomic E-state index is -0.564. The van der Waals surface area contributed by atoms with Crippen LogP contribution in [0.3, 0.4) is 0 Å². The third kappa shape index (κ3) is 13.1. The van der Waals surface area contributed by atoms with E-state index in [1.54, 1.807) is 84.9 Å². The monoisotopic (exact) mass is 787 g/mol. The van der Waals surface area contributed by atoms with Crippen molar-refractivity contribution < 1.29 is 19.2 Å². The zero-order chi connectivity index (χ0) is 40.4. The van der Waals surface area contributed by atoms with Gasteiger partial charge in [-0.3, -0.25) is 29.1 Å². The van der Waals surface area contributed by atoms with E-state index in [9.17, 15) is 19.2 Å². The van der Waals surface area contributed by atoms with E-state index in [1.165, 1.54) is 12.4 Å². The van der Waals surface area contributed by atoms with Gasteiger partial charge in [0, 0.05) is 83.3 Å². The van der Waals surface area contributed by atoms with E-state index in [-0.39, 0.29) is 28.8 Å². The molecule has 2 aromatic heterocycles. The van der Waals surface area contributed by atoms with Gasteiger partial charge in [0.25, 0.3) is 0 Å². The standard InChI is InChI=1S/C18H19ClN2O2.C13H11ClN2O.C11H14ClNO/c1-11-5-6-12(10-20-11)16(22)14-9-13(19)7-8-15(14)21-17(23)18(2,3)4;1-8-2-3-9(7-16-8)13(17)11-6-10(14)4-5-12(11)15;1-11(2,3)10(14)13-9-6-4-8(12)5-7-9/h5-10H,1-4H3,(H,21,23);2-7H,15H2,1H3;4-7H,1-3H3,(H,13,14). The van der Waals surface area contributed by atoms with Gasteiger partial charge in [-0.05, 0) is 98.8 Å². The van der Waals surface area contributed by atoms with Gasteiger partial charge >= 0.3 is 0 Å². The molecule has 12 heteroatoms. The first-order chi connectivity index (χ1) is 25.1. The van der Waals surface area contributed by atoms with Crippen molar-refractivity contribution in [1.29, 1.82) is 0 Å². The minimum absolute atomic E-state index is 0.000164. The van der Waals surface area contributed by atoms with Crippen molar-refractivity contribution in [3.8, 4) is 0 Å². The summed E-state index contributed by atoms with van der Waals surface area (Å²) in [6.07, 6.45) is 3.06. The molecular weight excluding hydrogens is 745 g/mol. The van der Waals surface area contributed by atoms with Gasteiger partial charge < -0.3 is 16.4 Å². The molecule has 0 radical (unpaired) electrons. The highest BCUT2D eigenvalue weighted by Crippen LogP contribution is 2.26. The van der Waals surface area contributed by atoms with Gasteiger partial charge in [0.1, 0.15) is 0 Å². The van der Waals surface area contributed by atoms with Gasteiger partial charge in [0.2, 0.25) is 11.8 Å². The molecule has 3 aromatic carbocycles. The SMILES string of the molecule is CC(C)(C)C(=O)Nc1ccc(Cl)cc1.Cc1ccc(C(=O)c2cc(Cl)ccc2N)cn1.Cc1ccc(C(=O)c2cc(Cl)ccc2NC(=O)C(C)(C)C)cn1. The predicted molar refractivity (Wildman–Crippen MR) is 220 cm³/mol. The molecule has 0 aliphatic heterocycles. The van der Waals surface area contributed by atoms with Crippen molar-refractivity contribution in [3.63, 3.8) is 0 Å². The van der Waals surface area contributed by atoms with Crippen molar-refractivity contribution in [1.82, 2.24) is 9.97 Å². The zero-order valence-corrected chi connectivity index (χ0v) is 33.7. The van der Waals surface area contributed by atoms with Crippen LogP contribution in [0.25, 0.3) is 0 Å². The van der Waals surface area contributed by atoms with E-state index in [0.29, 0.717) is 48.7 Å². The molecule has 54 heavy (non-hydrogen) atoms. The molecule has 0 unspecified atom stereocenters. The molecule has 2 amide bonds. The number of pyridine rings is 2. The Morgan fingerprint density at radius 3 is 1.44 bits per heavy atom. The molecule has 0 spiro atoms. The lowest BCUT2D eigenvalue weighted by atomic mass is 9.95. The number of nitrogens with one attached hydrogen (secondary N) is 2. The Morgan fingerprint density at radius 1 is 0.556 bits per heavy atom. The number of hydrogen-bond acceptors (Lipinski definition) is 7. The fourth-order valence-corrected chi connectivity index (χ4v) is 4.69. The first-order valence-electron chi connectivity index (χ1n) is 16.8. The van der Waals surface area contributed by atoms with E-state index in [2.05, 4.69) is 20.6 Å². The van der Waals surface area contributed by atoms with Crippen LogP contribution in [-0.4, -0.2) is 33.3 Å². The van der Waals surface area contributed by atoms with Crippen LogP contribution in [0.5, 0.6) is 0 Å². The Morgan fingerprint density at radius 2 is 0.981 bits per heavy atom. The average Bonchev–Trinajstić information content (AvgIpc) is 3.11. The van der Waals surface area contributed by atoms with Gasteiger partial charge in [0.15, 0.2) is 11.6 Å². The molecule has 0 saturated heterocycles. The maximum Gasteiger partial charge on any atom is 0.229 e. The topological polar surface area (TPSA) is 144 Å². The van der Waals surface area contributed by atoms with E-state index >= 15 is 0 Å². The van der Waals surface area contributed by atoms with Crippen LogP contribution in [0, 0.1) is 24.7 Å². The summed E-state index contributed by atoms with van der Waals surface area (Å²) in [7, 11) is 0. The largest absolute Gasteiger partial charge is 0.398 e. The van der Waals surface area contributed by atoms with E-state index in [1.807, 2.05) is 55.4 Å². The van der Waals surface area contributed by atoms with Crippen molar-refractivity contribution in [2.75, 3.05) is 16.4 Å². The Kier molecular flexibility index (Phi) is 15.1. The number of halogens is 3. The number of aryl methyl sites for hydroxylation is 2. The Labute approximate surface area is 331 Å². The summed E-state index contributed by atoms with van der Waals surface area (Å²) in [4.78, 5) is 56.9. The number of rotatable bonds is 6. The summed E-state index contributed by atoms with van der Waals surface area (Å²) in [5, 5.41) is 7.20. The summed E-state index contributed by atoms with van der Waals surface area (Å²) in [5.41, 5.74) is 9.85. The number of nitrogens with two attached hydrogens (primary N) is 1. The quantitative estimate of drug-likeness (QED) is 0.115. The van der Waals surface area contributed by atoms with Crippen LogP contribution >= 0.6 is 34.8 Å². The van der Waals surface area contributed by atoms with Gasteiger partial charge in [-0.2, -0.15) is 0 Å². The summed E-state index contributed by atoms with van der Waals surface area (Å²) >= 11 is 17.6. The lowest BCUT2D eigenvalue weighted by Crippen LogP contribution is -2.28. The molecule has 282 valence electrons. The molecule has 0 saturated carbocycles. The molecule has 2 heterocycles. The molecule has 4 N–H and O–H groups in total. The first-order valence-corrected chi connectivity index (χ1v) is 18.0. The summed E-state index contributed by atoms with van der Waals surface area (Å²) in [6.45, 7) is 14.8. The van der Waals surface area contributed by atoms with Crippen LogP contribution in [0.1, 0.15) is 84.8 Å². The van der Waals surface area contributed by atoms with Gasteiger partial charge in [-0.1, -0.05) is 76.3 Å². The maximum atomic E-state index is 12.7. The second-order valence-corrected chi connectivity index (χ2v) is 15.7. The molecule has 5 rings (SSSR count). The fraction of sp³-hybridized carbons (Fsp3) is 0.238. The first kappa shape index (κ1) is 43.3. The molecule has 0 bridgehead atoms. The molecule has 9 nitrogen and oxygen atoms in total. The Bertz CT molecular complexity index is 2110. The normalized spacial score (nSPS) is 10.9. The predicted octanol–water partition coefficient (Wildman–Crippen LogP) is 10.4. The number of carbonyl (C=O) groups excluding carboxylic acids is 4. The maximum absolute atomic E-state index is 12.7.